The number of hydrogen-bond donors (Lipinski definition) is 3. The molecule has 0 radical (unpaired) electrons. The second kappa shape index (κ2) is 14.7. The second-order valence-corrected chi connectivity index (χ2v) is 6.91. The first-order valence-corrected chi connectivity index (χ1v) is 10.1. The van der Waals surface area contributed by atoms with Crippen LogP contribution in [-0.4, -0.2) is 37.0 Å². The van der Waals surface area contributed by atoms with Gasteiger partial charge >= 0.3 is 0 Å². The Morgan fingerprint density at radius 2 is 2.00 bits per heavy atom. The highest BCUT2D eigenvalue weighted by Gasteiger charge is 2.08. The van der Waals surface area contributed by atoms with Gasteiger partial charge in [-0.15, -0.1) is 35.7 Å². The Balaban J connectivity index is 0.00000576. The monoisotopic (exact) mass is 479 g/mol. The maximum absolute atomic E-state index is 9.19. The van der Waals surface area contributed by atoms with E-state index in [4.69, 9.17) is 4.99 Å². The first-order chi connectivity index (χ1) is 11.6. The van der Waals surface area contributed by atoms with Crippen LogP contribution < -0.4 is 10.6 Å². The van der Waals surface area contributed by atoms with Crippen molar-refractivity contribution in [3.8, 4) is 0 Å². The minimum atomic E-state index is 0. The minimum Gasteiger partial charge on any atom is -0.396 e. The van der Waals surface area contributed by atoms with Gasteiger partial charge in [0.25, 0.3) is 0 Å². The maximum Gasteiger partial charge on any atom is 0.191 e. The molecule has 0 aliphatic carbocycles. The van der Waals surface area contributed by atoms with Gasteiger partial charge in [0, 0.05) is 24.6 Å². The summed E-state index contributed by atoms with van der Waals surface area (Å²) in [6.45, 7) is 8.99. The first-order valence-electron chi connectivity index (χ1n) is 8.91. The summed E-state index contributed by atoms with van der Waals surface area (Å²) >= 11 is 1.77. The summed E-state index contributed by atoms with van der Waals surface area (Å²) < 4.78 is 0. The fraction of sp³-hybridized carbons (Fsp3) is 0.632. The first kappa shape index (κ1) is 24.5. The predicted octanol–water partition coefficient (Wildman–Crippen LogP) is 4.19. The SMILES string of the molecule is CCCC(CCO)CNC(=NCc1ccc(C)cc1SC)NCC.I. The van der Waals surface area contributed by atoms with Crippen molar-refractivity contribution in [1.82, 2.24) is 10.6 Å². The Kier molecular flexibility index (Phi) is 14.4. The molecule has 4 nitrogen and oxygen atoms in total. The third-order valence-corrected chi connectivity index (χ3v) is 4.81. The molecule has 144 valence electrons. The highest BCUT2D eigenvalue weighted by molar-refractivity contribution is 14.0. The lowest BCUT2D eigenvalue weighted by Crippen LogP contribution is -2.40. The van der Waals surface area contributed by atoms with E-state index < -0.39 is 0 Å². The van der Waals surface area contributed by atoms with Gasteiger partial charge in [0.2, 0.25) is 0 Å². The topological polar surface area (TPSA) is 56.6 Å². The quantitative estimate of drug-likeness (QED) is 0.204. The van der Waals surface area contributed by atoms with Crippen LogP contribution in [0.5, 0.6) is 0 Å². The second-order valence-electron chi connectivity index (χ2n) is 6.06. The van der Waals surface area contributed by atoms with Gasteiger partial charge in [0.1, 0.15) is 0 Å². The van der Waals surface area contributed by atoms with Gasteiger partial charge in [-0.25, -0.2) is 4.99 Å². The summed E-state index contributed by atoms with van der Waals surface area (Å²) in [4.78, 5) is 6.02. The Hall–Kier alpha value is -0.470. The van der Waals surface area contributed by atoms with Gasteiger partial charge in [-0.3, -0.25) is 0 Å². The number of nitrogens with zero attached hydrogens (tertiary/aromatic N) is 1. The molecule has 0 bridgehead atoms. The number of hydrogen-bond acceptors (Lipinski definition) is 3. The number of guanidine groups is 1. The molecule has 0 saturated carbocycles. The smallest absolute Gasteiger partial charge is 0.191 e. The van der Waals surface area contributed by atoms with Crippen LogP contribution in [-0.2, 0) is 6.54 Å². The number of rotatable bonds is 10. The molecule has 6 heteroatoms. The van der Waals surface area contributed by atoms with E-state index >= 15 is 0 Å². The summed E-state index contributed by atoms with van der Waals surface area (Å²) in [7, 11) is 0. The summed E-state index contributed by atoms with van der Waals surface area (Å²) in [5, 5.41) is 15.9. The van der Waals surface area contributed by atoms with E-state index in [1.54, 1.807) is 11.8 Å². The molecule has 3 N–H and O–H groups in total. The Morgan fingerprint density at radius 1 is 1.24 bits per heavy atom. The fourth-order valence-corrected chi connectivity index (χ4v) is 3.37. The van der Waals surface area contributed by atoms with E-state index in [9.17, 15) is 5.11 Å². The van der Waals surface area contributed by atoms with Crippen LogP contribution in [0.15, 0.2) is 28.1 Å². The number of aryl methyl sites for hydroxylation is 1. The van der Waals surface area contributed by atoms with Crippen LogP contribution >= 0.6 is 35.7 Å². The van der Waals surface area contributed by atoms with Gasteiger partial charge in [0.15, 0.2) is 5.96 Å². The number of benzene rings is 1. The third kappa shape index (κ3) is 9.70. The van der Waals surface area contributed by atoms with E-state index in [0.717, 1.165) is 38.3 Å². The molecule has 1 unspecified atom stereocenters. The van der Waals surface area contributed by atoms with E-state index in [1.807, 2.05) is 0 Å². The van der Waals surface area contributed by atoms with Crippen molar-refractivity contribution < 1.29 is 5.11 Å². The molecule has 1 rings (SSSR count). The number of aliphatic imine (C=N–C) groups is 1. The lowest BCUT2D eigenvalue weighted by atomic mass is 10.0. The van der Waals surface area contributed by atoms with Crippen LogP contribution in [0.2, 0.25) is 0 Å². The number of nitrogens with one attached hydrogen (secondary N) is 2. The highest BCUT2D eigenvalue weighted by Crippen LogP contribution is 2.22. The average molecular weight is 479 g/mol. The van der Waals surface area contributed by atoms with Crippen molar-refractivity contribution in [2.75, 3.05) is 26.0 Å². The molecule has 0 fully saturated rings. The summed E-state index contributed by atoms with van der Waals surface area (Å²) in [5.41, 5.74) is 2.54. The molecule has 0 aliphatic heterocycles. The summed E-state index contributed by atoms with van der Waals surface area (Å²) in [6, 6.07) is 6.53. The van der Waals surface area contributed by atoms with Crippen molar-refractivity contribution in [3.05, 3.63) is 29.3 Å². The molecular weight excluding hydrogens is 445 g/mol. The molecule has 1 aromatic carbocycles. The van der Waals surface area contributed by atoms with E-state index in [1.165, 1.54) is 16.0 Å². The minimum absolute atomic E-state index is 0. The van der Waals surface area contributed by atoms with Crippen LogP contribution in [0.1, 0.15) is 44.2 Å². The van der Waals surface area contributed by atoms with Crippen LogP contribution in [0, 0.1) is 12.8 Å². The molecule has 1 aromatic rings. The molecule has 0 heterocycles. The zero-order valence-corrected chi connectivity index (χ0v) is 19.1. The Morgan fingerprint density at radius 3 is 2.60 bits per heavy atom. The summed E-state index contributed by atoms with van der Waals surface area (Å²) in [5.74, 6) is 1.34. The number of halogens is 1. The molecule has 0 saturated heterocycles. The predicted molar refractivity (Wildman–Crippen MR) is 121 cm³/mol. The molecule has 0 amide bonds. The van der Waals surface area contributed by atoms with E-state index in [0.29, 0.717) is 12.5 Å². The largest absolute Gasteiger partial charge is 0.396 e. The molecule has 25 heavy (non-hydrogen) atoms. The van der Waals surface area contributed by atoms with Crippen molar-refractivity contribution in [1.29, 1.82) is 0 Å². The van der Waals surface area contributed by atoms with Crippen LogP contribution in [0.3, 0.4) is 0 Å². The van der Waals surface area contributed by atoms with Gasteiger partial charge in [0.05, 0.1) is 6.54 Å². The Bertz CT molecular complexity index is 505. The zero-order valence-electron chi connectivity index (χ0n) is 16.0. The average Bonchev–Trinajstić information content (AvgIpc) is 2.58. The van der Waals surface area contributed by atoms with Crippen molar-refractivity contribution >= 4 is 41.7 Å². The Labute approximate surface area is 174 Å². The number of thioether (sulfide) groups is 1. The molecular formula is C19H34IN3OS. The van der Waals surface area contributed by atoms with Gasteiger partial charge < -0.3 is 15.7 Å². The van der Waals surface area contributed by atoms with Gasteiger partial charge in [-0.05, 0) is 56.1 Å². The molecule has 0 spiro atoms. The number of aliphatic hydroxyl groups excluding tert-OH is 1. The maximum atomic E-state index is 9.19. The van der Waals surface area contributed by atoms with Gasteiger partial charge in [-0.1, -0.05) is 25.5 Å². The van der Waals surface area contributed by atoms with Gasteiger partial charge in [-0.2, -0.15) is 0 Å². The van der Waals surface area contributed by atoms with Crippen molar-refractivity contribution in [2.45, 2.75) is 51.5 Å². The van der Waals surface area contributed by atoms with E-state index in [2.05, 4.69) is 55.9 Å². The third-order valence-electron chi connectivity index (χ3n) is 3.99. The van der Waals surface area contributed by atoms with Crippen LogP contribution in [0.4, 0.5) is 0 Å². The lowest BCUT2D eigenvalue weighted by molar-refractivity contribution is 0.251. The number of aliphatic hydroxyl groups is 1. The van der Waals surface area contributed by atoms with Crippen molar-refractivity contribution in [2.24, 2.45) is 10.9 Å². The van der Waals surface area contributed by atoms with E-state index in [-0.39, 0.29) is 30.6 Å². The lowest BCUT2D eigenvalue weighted by Gasteiger charge is -2.18. The van der Waals surface area contributed by atoms with Crippen molar-refractivity contribution in [3.63, 3.8) is 0 Å². The fourth-order valence-electron chi connectivity index (χ4n) is 2.67. The standard InChI is InChI=1S/C19H33N3OS.HI/c1-5-7-16(10-11-23)13-21-19(20-6-2)22-14-17-9-8-15(3)12-18(17)24-4;/h8-9,12,16,23H,5-7,10-11,13-14H2,1-4H3,(H2,20,21,22);1H. The molecule has 0 aromatic heterocycles. The zero-order chi connectivity index (χ0) is 17.8. The molecule has 1 atom stereocenters. The normalized spacial score (nSPS) is 12.4. The van der Waals surface area contributed by atoms with Crippen LogP contribution in [0.25, 0.3) is 0 Å². The highest BCUT2D eigenvalue weighted by atomic mass is 127. The molecule has 0 aliphatic rings. The summed E-state index contributed by atoms with van der Waals surface area (Å²) in [6.07, 6.45) is 5.21.